The van der Waals surface area contributed by atoms with Crippen LogP contribution in [0.3, 0.4) is 0 Å². The van der Waals surface area contributed by atoms with Crippen LogP contribution in [0.4, 0.5) is 0 Å². The lowest BCUT2D eigenvalue weighted by molar-refractivity contribution is 0.0954. The monoisotopic (exact) mass is 176 g/mol. The molecule has 0 spiro atoms. The van der Waals surface area contributed by atoms with Crippen LogP contribution in [0.15, 0.2) is 0 Å². The maximum atomic E-state index is 5.98. The zero-order chi connectivity index (χ0) is 8.10. The molecule has 1 aliphatic rings. The molecule has 1 saturated carbocycles. The summed E-state index contributed by atoms with van der Waals surface area (Å²) in [4.78, 5) is 0. The van der Waals surface area contributed by atoms with Crippen LogP contribution in [0.2, 0.25) is 0 Å². The van der Waals surface area contributed by atoms with Crippen molar-refractivity contribution < 1.29 is 4.74 Å². The van der Waals surface area contributed by atoms with Crippen LogP contribution in [0.5, 0.6) is 0 Å². The van der Waals surface area contributed by atoms with Crippen molar-refractivity contribution in [2.75, 3.05) is 13.2 Å². The van der Waals surface area contributed by atoms with Gasteiger partial charge in [0.15, 0.2) is 0 Å². The maximum Gasteiger partial charge on any atom is 0.0494 e. The van der Waals surface area contributed by atoms with Gasteiger partial charge in [-0.2, -0.15) is 0 Å². The van der Waals surface area contributed by atoms with E-state index in [0.29, 0.717) is 5.38 Å². The van der Waals surface area contributed by atoms with Crippen molar-refractivity contribution >= 4 is 11.6 Å². The van der Waals surface area contributed by atoms with E-state index >= 15 is 0 Å². The number of hydrogen-bond donors (Lipinski definition) is 0. The molecule has 1 aliphatic carbocycles. The molecule has 0 amide bonds. The number of alkyl halides is 1. The summed E-state index contributed by atoms with van der Waals surface area (Å²) in [5, 5.41) is 0.438. The molecule has 0 unspecified atom stereocenters. The van der Waals surface area contributed by atoms with E-state index < -0.39 is 0 Å². The second-order valence-corrected chi connectivity index (χ2v) is 3.89. The average molecular weight is 177 g/mol. The first-order valence-electron chi connectivity index (χ1n) is 4.54. The van der Waals surface area contributed by atoms with Crippen molar-refractivity contribution in [3.63, 3.8) is 0 Å². The fourth-order valence-electron chi connectivity index (χ4n) is 1.57. The van der Waals surface area contributed by atoms with Crippen molar-refractivity contribution in [1.82, 2.24) is 0 Å². The smallest absolute Gasteiger partial charge is 0.0494 e. The molecule has 0 atom stereocenters. The minimum Gasteiger partial charge on any atom is -0.381 e. The molecule has 0 radical (unpaired) electrons. The van der Waals surface area contributed by atoms with E-state index in [0.717, 1.165) is 19.1 Å². The molecule has 1 fully saturated rings. The van der Waals surface area contributed by atoms with Crippen LogP contribution in [-0.2, 0) is 4.74 Å². The Labute approximate surface area is 74.1 Å². The lowest BCUT2D eigenvalue weighted by Crippen LogP contribution is -2.18. The number of hydrogen-bond acceptors (Lipinski definition) is 1. The highest BCUT2D eigenvalue weighted by atomic mass is 35.5. The van der Waals surface area contributed by atoms with E-state index in [4.69, 9.17) is 16.3 Å². The van der Waals surface area contributed by atoms with Crippen molar-refractivity contribution in [2.45, 2.75) is 38.0 Å². The fraction of sp³-hybridized carbons (Fsp3) is 1.00. The molecule has 2 heteroatoms. The van der Waals surface area contributed by atoms with Gasteiger partial charge in [0.05, 0.1) is 0 Å². The largest absolute Gasteiger partial charge is 0.381 e. The van der Waals surface area contributed by atoms with Gasteiger partial charge in [0.1, 0.15) is 0 Å². The van der Waals surface area contributed by atoms with Crippen LogP contribution >= 0.6 is 11.6 Å². The standard InChI is InChI=1S/C9H17ClO/c1-2-11-7-8-3-5-9(10)6-4-8/h8-9H,2-7H2,1H3. The SMILES string of the molecule is CCOCC1CCC(Cl)CC1. The first-order chi connectivity index (χ1) is 5.33. The highest BCUT2D eigenvalue weighted by Crippen LogP contribution is 2.27. The maximum absolute atomic E-state index is 5.98. The predicted molar refractivity (Wildman–Crippen MR) is 48.1 cm³/mol. The van der Waals surface area contributed by atoms with Crippen LogP contribution in [0.1, 0.15) is 32.6 Å². The lowest BCUT2D eigenvalue weighted by Gasteiger charge is -2.24. The second kappa shape index (κ2) is 5.00. The van der Waals surface area contributed by atoms with E-state index in [1.54, 1.807) is 0 Å². The van der Waals surface area contributed by atoms with E-state index in [-0.39, 0.29) is 0 Å². The van der Waals surface area contributed by atoms with Gasteiger partial charge in [-0.05, 0) is 38.5 Å². The lowest BCUT2D eigenvalue weighted by atomic mass is 9.90. The van der Waals surface area contributed by atoms with E-state index in [1.165, 1.54) is 25.7 Å². The van der Waals surface area contributed by atoms with Gasteiger partial charge in [-0.3, -0.25) is 0 Å². The quantitative estimate of drug-likeness (QED) is 0.601. The van der Waals surface area contributed by atoms with E-state index in [2.05, 4.69) is 0 Å². The summed E-state index contributed by atoms with van der Waals surface area (Å²) in [5.74, 6) is 0.782. The van der Waals surface area contributed by atoms with Gasteiger partial charge in [-0.25, -0.2) is 0 Å². The Morgan fingerprint density at radius 1 is 1.27 bits per heavy atom. The van der Waals surface area contributed by atoms with Crippen LogP contribution in [-0.4, -0.2) is 18.6 Å². The molecule has 0 aromatic carbocycles. The molecule has 0 N–H and O–H groups in total. The number of rotatable bonds is 3. The molecule has 1 nitrogen and oxygen atoms in total. The van der Waals surface area contributed by atoms with Gasteiger partial charge in [0, 0.05) is 18.6 Å². The third-order valence-electron chi connectivity index (χ3n) is 2.33. The summed E-state index contributed by atoms with van der Waals surface area (Å²) in [5.41, 5.74) is 0. The Kier molecular flexibility index (Phi) is 4.24. The van der Waals surface area contributed by atoms with Crippen molar-refractivity contribution in [1.29, 1.82) is 0 Å². The molecule has 0 bridgehead atoms. The van der Waals surface area contributed by atoms with Gasteiger partial charge in [0.25, 0.3) is 0 Å². The van der Waals surface area contributed by atoms with Crippen LogP contribution in [0, 0.1) is 5.92 Å². The van der Waals surface area contributed by atoms with E-state index in [9.17, 15) is 0 Å². The first kappa shape index (κ1) is 9.34. The molecule has 0 aliphatic heterocycles. The average Bonchev–Trinajstić information content (AvgIpc) is 2.04. The molecule has 0 aromatic heterocycles. The Bertz CT molecular complexity index is 95.0. The van der Waals surface area contributed by atoms with Crippen molar-refractivity contribution in [3.05, 3.63) is 0 Å². The van der Waals surface area contributed by atoms with Gasteiger partial charge in [-0.1, -0.05) is 0 Å². The fourth-order valence-corrected chi connectivity index (χ4v) is 1.82. The third-order valence-corrected chi connectivity index (χ3v) is 2.77. The zero-order valence-electron chi connectivity index (χ0n) is 7.18. The second-order valence-electron chi connectivity index (χ2n) is 3.28. The Hall–Kier alpha value is 0.250. The van der Waals surface area contributed by atoms with Crippen LogP contribution < -0.4 is 0 Å². The van der Waals surface area contributed by atoms with Crippen molar-refractivity contribution in [2.24, 2.45) is 5.92 Å². The first-order valence-corrected chi connectivity index (χ1v) is 4.98. The molecule has 0 aromatic rings. The summed E-state index contributed by atoms with van der Waals surface area (Å²) in [6.07, 6.45) is 4.88. The summed E-state index contributed by atoms with van der Waals surface area (Å²) in [7, 11) is 0. The van der Waals surface area contributed by atoms with Crippen LogP contribution in [0.25, 0.3) is 0 Å². The molecular formula is C9H17ClO. The number of ether oxygens (including phenoxy) is 1. The van der Waals surface area contributed by atoms with Gasteiger partial charge < -0.3 is 4.74 Å². The Morgan fingerprint density at radius 3 is 2.45 bits per heavy atom. The predicted octanol–water partition coefficient (Wildman–Crippen LogP) is 2.82. The third kappa shape index (κ3) is 3.44. The minimum atomic E-state index is 0.438. The number of halogens is 1. The van der Waals surface area contributed by atoms with E-state index in [1.807, 2.05) is 6.92 Å². The van der Waals surface area contributed by atoms with Crippen molar-refractivity contribution in [3.8, 4) is 0 Å². The topological polar surface area (TPSA) is 9.23 Å². The minimum absolute atomic E-state index is 0.438. The highest BCUT2D eigenvalue weighted by molar-refractivity contribution is 6.20. The summed E-state index contributed by atoms with van der Waals surface area (Å²) in [6.45, 7) is 3.84. The molecule has 11 heavy (non-hydrogen) atoms. The summed E-state index contributed by atoms with van der Waals surface area (Å²) >= 11 is 5.98. The zero-order valence-corrected chi connectivity index (χ0v) is 7.94. The molecule has 66 valence electrons. The molecular weight excluding hydrogens is 160 g/mol. The molecule has 1 rings (SSSR count). The molecule has 0 heterocycles. The Morgan fingerprint density at radius 2 is 1.91 bits per heavy atom. The normalized spacial score (nSPS) is 32.2. The van der Waals surface area contributed by atoms with Gasteiger partial charge >= 0.3 is 0 Å². The highest BCUT2D eigenvalue weighted by Gasteiger charge is 2.18. The summed E-state index contributed by atoms with van der Waals surface area (Å²) < 4.78 is 5.37. The summed E-state index contributed by atoms with van der Waals surface area (Å²) in [6, 6.07) is 0. The molecule has 0 saturated heterocycles. The Balaban J connectivity index is 2.07. The van der Waals surface area contributed by atoms with Gasteiger partial charge in [0.2, 0.25) is 0 Å². The van der Waals surface area contributed by atoms with Gasteiger partial charge in [-0.15, -0.1) is 11.6 Å².